The summed E-state index contributed by atoms with van der Waals surface area (Å²) in [4.78, 5) is 24.4. The van der Waals surface area contributed by atoms with E-state index in [1.54, 1.807) is 10.9 Å². The fraction of sp³-hybridized carbons (Fsp3) is 0.407. The standard InChI is InChI=1S/C27H30IN3O4/c1-15-6-8-21(28)12-25(15)31-13-22(29-30-31)14-34-27(33)17(3)20-7-9-23-16(2)10-26(35-19(5)32)18(4)24(23)11-20/h6,8,10,12-13,17,20H,7,9,11,14H2,1-5H3/t17-,20-/m1/s1. The number of ether oxygens (including phenoxy) is 2. The van der Waals surface area contributed by atoms with Gasteiger partial charge in [0.2, 0.25) is 0 Å². The van der Waals surface area contributed by atoms with E-state index in [2.05, 4.69) is 32.9 Å². The third-order valence-corrected chi connectivity index (χ3v) is 7.57. The van der Waals surface area contributed by atoms with Gasteiger partial charge in [0, 0.05) is 10.5 Å². The van der Waals surface area contributed by atoms with Crippen molar-refractivity contribution in [2.24, 2.45) is 11.8 Å². The molecule has 0 spiro atoms. The Balaban J connectivity index is 1.42. The van der Waals surface area contributed by atoms with E-state index in [0.717, 1.165) is 45.2 Å². The van der Waals surface area contributed by atoms with Crippen LogP contribution in [0.4, 0.5) is 0 Å². The number of hydrogen-bond acceptors (Lipinski definition) is 6. The molecule has 0 unspecified atom stereocenters. The first-order chi connectivity index (χ1) is 16.6. The van der Waals surface area contributed by atoms with Gasteiger partial charge in [-0.1, -0.05) is 18.2 Å². The molecule has 1 aromatic heterocycles. The average Bonchev–Trinajstić information content (AvgIpc) is 3.30. The Hall–Kier alpha value is -2.75. The molecule has 7 nitrogen and oxygen atoms in total. The van der Waals surface area contributed by atoms with Gasteiger partial charge in [-0.3, -0.25) is 9.59 Å². The number of carbonyl (C=O) groups is 2. The molecule has 1 aliphatic carbocycles. The lowest BCUT2D eigenvalue weighted by Crippen LogP contribution is -2.29. The molecule has 0 aliphatic heterocycles. The number of fused-ring (bicyclic) bond motifs is 1. The van der Waals surface area contributed by atoms with Gasteiger partial charge in [0.05, 0.1) is 17.8 Å². The normalized spacial score (nSPS) is 15.9. The lowest BCUT2D eigenvalue weighted by molar-refractivity contribution is -0.151. The second kappa shape index (κ2) is 10.5. The fourth-order valence-corrected chi connectivity index (χ4v) is 5.27. The third-order valence-electron chi connectivity index (χ3n) is 6.90. The number of halogens is 1. The van der Waals surface area contributed by atoms with Gasteiger partial charge in [-0.05, 0) is 115 Å². The molecule has 184 valence electrons. The Kier molecular flexibility index (Phi) is 7.59. The van der Waals surface area contributed by atoms with Gasteiger partial charge in [0.1, 0.15) is 18.1 Å². The second-order valence-electron chi connectivity index (χ2n) is 9.35. The summed E-state index contributed by atoms with van der Waals surface area (Å²) in [5, 5.41) is 8.39. The zero-order valence-electron chi connectivity index (χ0n) is 20.7. The van der Waals surface area contributed by atoms with Crippen LogP contribution in [-0.2, 0) is 33.8 Å². The summed E-state index contributed by atoms with van der Waals surface area (Å²) in [7, 11) is 0. The van der Waals surface area contributed by atoms with E-state index in [-0.39, 0.29) is 30.4 Å². The summed E-state index contributed by atoms with van der Waals surface area (Å²) in [6.45, 7) is 9.49. The summed E-state index contributed by atoms with van der Waals surface area (Å²) in [5.74, 6) is -0.0514. The molecule has 0 radical (unpaired) electrons. The number of hydrogen-bond donors (Lipinski definition) is 0. The maximum atomic E-state index is 12.9. The Morgan fingerprint density at radius 3 is 2.69 bits per heavy atom. The number of nitrogens with zero attached hydrogens (tertiary/aromatic N) is 3. The molecule has 35 heavy (non-hydrogen) atoms. The number of benzene rings is 2. The SMILES string of the molecule is CC(=O)Oc1cc(C)c2c(c1C)C[C@H]([C@@H](C)C(=O)OCc1cn(-c3cc(I)ccc3C)nn1)CC2. The maximum absolute atomic E-state index is 12.9. The fourth-order valence-electron chi connectivity index (χ4n) is 4.79. The molecular formula is C27H30IN3O4. The number of aryl methyl sites for hydroxylation is 2. The van der Waals surface area contributed by atoms with E-state index in [1.165, 1.54) is 18.1 Å². The van der Waals surface area contributed by atoms with Crippen LogP contribution in [-0.4, -0.2) is 26.9 Å². The molecule has 4 rings (SSSR count). The van der Waals surface area contributed by atoms with Crippen molar-refractivity contribution in [2.45, 2.75) is 60.5 Å². The maximum Gasteiger partial charge on any atom is 0.309 e. The van der Waals surface area contributed by atoms with Crippen molar-refractivity contribution >= 4 is 34.5 Å². The summed E-state index contributed by atoms with van der Waals surface area (Å²) >= 11 is 2.27. The second-order valence-corrected chi connectivity index (χ2v) is 10.6. The molecule has 0 saturated carbocycles. The monoisotopic (exact) mass is 587 g/mol. The van der Waals surface area contributed by atoms with E-state index in [4.69, 9.17) is 9.47 Å². The summed E-state index contributed by atoms with van der Waals surface area (Å²) in [6, 6.07) is 8.07. The van der Waals surface area contributed by atoms with Crippen LogP contribution in [0.1, 0.15) is 53.8 Å². The van der Waals surface area contributed by atoms with Gasteiger partial charge in [0.15, 0.2) is 0 Å². The van der Waals surface area contributed by atoms with Crippen molar-refractivity contribution in [1.29, 1.82) is 0 Å². The molecule has 2 aromatic carbocycles. The van der Waals surface area contributed by atoms with E-state index in [0.29, 0.717) is 11.4 Å². The predicted molar refractivity (Wildman–Crippen MR) is 141 cm³/mol. The van der Waals surface area contributed by atoms with Crippen LogP contribution in [0.3, 0.4) is 0 Å². The first-order valence-electron chi connectivity index (χ1n) is 11.8. The predicted octanol–water partition coefficient (Wildman–Crippen LogP) is 5.21. The van der Waals surface area contributed by atoms with E-state index >= 15 is 0 Å². The third kappa shape index (κ3) is 5.58. The average molecular weight is 587 g/mol. The van der Waals surface area contributed by atoms with E-state index in [1.807, 2.05) is 52.0 Å². The molecule has 3 aromatic rings. The first kappa shape index (κ1) is 25.3. The highest BCUT2D eigenvalue weighted by atomic mass is 127. The quantitative estimate of drug-likeness (QED) is 0.224. The lowest BCUT2D eigenvalue weighted by atomic mass is 9.75. The number of carbonyl (C=O) groups excluding carboxylic acids is 2. The van der Waals surface area contributed by atoms with Gasteiger partial charge in [-0.25, -0.2) is 4.68 Å². The van der Waals surface area contributed by atoms with Crippen LogP contribution in [0.5, 0.6) is 5.75 Å². The zero-order valence-corrected chi connectivity index (χ0v) is 22.9. The zero-order chi connectivity index (χ0) is 25.3. The summed E-state index contributed by atoms with van der Waals surface area (Å²) in [5.41, 5.74) is 7.25. The van der Waals surface area contributed by atoms with Crippen molar-refractivity contribution in [2.75, 3.05) is 0 Å². The first-order valence-corrected chi connectivity index (χ1v) is 12.9. The van der Waals surface area contributed by atoms with Gasteiger partial charge in [-0.2, -0.15) is 0 Å². The van der Waals surface area contributed by atoms with Gasteiger partial charge >= 0.3 is 11.9 Å². The van der Waals surface area contributed by atoms with Crippen molar-refractivity contribution in [1.82, 2.24) is 15.0 Å². The minimum Gasteiger partial charge on any atom is -0.459 e. The van der Waals surface area contributed by atoms with Crippen molar-refractivity contribution in [3.8, 4) is 11.4 Å². The van der Waals surface area contributed by atoms with Crippen LogP contribution in [0.25, 0.3) is 5.69 Å². The van der Waals surface area contributed by atoms with Gasteiger partial charge in [-0.15, -0.1) is 5.10 Å². The smallest absolute Gasteiger partial charge is 0.309 e. The largest absolute Gasteiger partial charge is 0.459 e. The number of esters is 2. The Labute approximate surface area is 219 Å². The van der Waals surface area contributed by atoms with Crippen molar-refractivity contribution < 1.29 is 19.1 Å². The van der Waals surface area contributed by atoms with Crippen LogP contribution < -0.4 is 4.74 Å². The van der Waals surface area contributed by atoms with Crippen molar-refractivity contribution in [3.05, 3.63) is 67.5 Å². The van der Waals surface area contributed by atoms with E-state index in [9.17, 15) is 9.59 Å². The van der Waals surface area contributed by atoms with Gasteiger partial charge < -0.3 is 9.47 Å². The Bertz CT molecular complexity index is 1280. The summed E-state index contributed by atoms with van der Waals surface area (Å²) < 4.78 is 13.9. The van der Waals surface area contributed by atoms with E-state index < -0.39 is 0 Å². The highest BCUT2D eigenvalue weighted by molar-refractivity contribution is 14.1. The molecule has 0 amide bonds. The van der Waals surface area contributed by atoms with Crippen LogP contribution in [0.2, 0.25) is 0 Å². The van der Waals surface area contributed by atoms with Crippen LogP contribution in [0.15, 0.2) is 30.5 Å². The molecule has 0 fully saturated rings. The van der Waals surface area contributed by atoms with Gasteiger partial charge in [0.25, 0.3) is 0 Å². The molecule has 8 heteroatoms. The highest BCUT2D eigenvalue weighted by Gasteiger charge is 2.31. The van der Waals surface area contributed by atoms with Crippen molar-refractivity contribution in [3.63, 3.8) is 0 Å². The molecular weight excluding hydrogens is 557 g/mol. The molecule has 2 atom stereocenters. The molecule has 1 heterocycles. The topological polar surface area (TPSA) is 83.3 Å². The summed E-state index contributed by atoms with van der Waals surface area (Å²) in [6.07, 6.45) is 4.37. The minimum atomic E-state index is -0.328. The Morgan fingerprint density at radius 2 is 1.94 bits per heavy atom. The molecule has 1 aliphatic rings. The molecule has 0 N–H and O–H groups in total. The lowest BCUT2D eigenvalue weighted by Gasteiger charge is -2.31. The number of rotatable bonds is 6. The molecule has 0 saturated heterocycles. The minimum absolute atomic E-state index is 0.0875. The van der Waals surface area contributed by atoms with Crippen LogP contribution >= 0.6 is 22.6 Å². The number of aromatic nitrogens is 3. The Morgan fingerprint density at radius 1 is 1.17 bits per heavy atom. The van der Waals surface area contributed by atoms with Crippen LogP contribution in [0, 0.1) is 36.2 Å². The molecule has 0 bridgehead atoms. The highest BCUT2D eigenvalue weighted by Crippen LogP contribution is 2.38.